The first kappa shape index (κ1) is 16.9. The molecule has 0 aliphatic carbocycles. The van der Waals surface area contributed by atoms with Crippen LogP contribution in [0.5, 0.6) is 0 Å². The quantitative estimate of drug-likeness (QED) is 0.827. The van der Waals surface area contributed by atoms with Gasteiger partial charge in [0.05, 0.1) is 5.92 Å². The lowest BCUT2D eigenvalue weighted by Crippen LogP contribution is -2.32. The summed E-state index contributed by atoms with van der Waals surface area (Å²) in [6.07, 6.45) is 0. The molecular formula is C18H19Cl2NO. The number of hydrogen-bond donors (Lipinski definition) is 1. The van der Waals surface area contributed by atoms with Crippen LogP contribution in [-0.2, 0) is 4.79 Å². The van der Waals surface area contributed by atoms with E-state index in [4.69, 9.17) is 23.2 Å². The molecule has 2 rings (SSSR count). The monoisotopic (exact) mass is 335 g/mol. The molecule has 2 aromatic rings. The van der Waals surface area contributed by atoms with Crippen molar-refractivity contribution in [1.29, 1.82) is 0 Å². The Balaban J connectivity index is 2.33. The Morgan fingerprint density at radius 3 is 1.68 bits per heavy atom. The third-order valence-electron chi connectivity index (χ3n) is 3.35. The van der Waals surface area contributed by atoms with Gasteiger partial charge in [-0.2, -0.15) is 0 Å². The van der Waals surface area contributed by atoms with Crippen LogP contribution >= 0.6 is 23.2 Å². The Bertz CT molecular complexity index is 575. The van der Waals surface area contributed by atoms with Gasteiger partial charge < -0.3 is 5.32 Å². The van der Waals surface area contributed by atoms with E-state index in [1.165, 1.54) is 0 Å². The number of carbonyl (C=O) groups excluding carboxylic acids is 1. The van der Waals surface area contributed by atoms with Crippen molar-refractivity contribution in [1.82, 2.24) is 5.32 Å². The maximum absolute atomic E-state index is 12.6. The van der Waals surface area contributed by atoms with Crippen molar-refractivity contribution < 1.29 is 4.79 Å². The predicted octanol–water partition coefficient (Wildman–Crippen LogP) is 4.90. The van der Waals surface area contributed by atoms with Gasteiger partial charge in [-0.3, -0.25) is 4.79 Å². The standard InChI is InChI=1S/C18H19Cl2NO/c1-12(2)11-21-18(22)17(13-3-7-15(19)8-4-13)14-5-9-16(20)10-6-14/h3-10,12,17H,11H2,1-2H3,(H,21,22). The molecule has 0 bridgehead atoms. The van der Waals surface area contributed by atoms with Gasteiger partial charge >= 0.3 is 0 Å². The smallest absolute Gasteiger partial charge is 0.232 e. The topological polar surface area (TPSA) is 29.1 Å². The molecule has 0 atom stereocenters. The second-order valence-corrected chi connectivity index (χ2v) is 6.55. The molecule has 1 amide bonds. The van der Waals surface area contributed by atoms with Crippen molar-refractivity contribution in [2.45, 2.75) is 19.8 Å². The summed E-state index contributed by atoms with van der Waals surface area (Å²) < 4.78 is 0. The molecule has 116 valence electrons. The van der Waals surface area contributed by atoms with Crippen LogP contribution in [0.4, 0.5) is 0 Å². The van der Waals surface area contributed by atoms with Crippen LogP contribution < -0.4 is 5.32 Å². The van der Waals surface area contributed by atoms with Crippen LogP contribution in [-0.4, -0.2) is 12.5 Å². The van der Waals surface area contributed by atoms with Crippen molar-refractivity contribution in [3.05, 3.63) is 69.7 Å². The van der Waals surface area contributed by atoms with Crippen molar-refractivity contribution in [2.24, 2.45) is 5.92 Å². The minimum Gasteiger partial charge on any atom is -0.355 e. The molecule has 0 aromatic heterocycles. The maximum Gasteiger partial charge on any atom is 0.232 e. The lowest BCUT2D eigenvalue weighted by atomic mass is 9.90. The highest BCUT2D eigenvalue weighted by atomic mass is 35.5. The van der Waals surface area contributed by atoms with Crippen LogP contribution in [0.1, 0.15) is 30.9 Å². The number of hydrogen-bond acceptors (Lipinski definition) is 1. The van der Waals surface area contributed by atoms with Crippen molar-refractivity contribution in [2.75, 3.05) is 6.54 Å². The SMILES string of the molecule is CC(C)CNC(=O)C(c1ccc(Cl)cc1)c1ccc(Cl)cc1. The highest BCUT2D eigenvalue weighted by Crippen LogP contribution is 2.27. The lowest BCUT2D eigenvalue weighted by Gasteiger charge is -2.19. The first-order chi connectivity index (χ1) is 10.5. The highest BCUT2D eigenvalue weighted by Gasteiger charge is 2.22. The molecule has 0 radical (unpaired) electrons. The van der Waals surface area contributed by atoms with Gasteiger partial charge in [-0.05, 0) is 41.3 Å². The van der Waals surface area contributed by atoms with E-state index in [1.54, 1.807) is 24.3 Å². The number of amides is 1. The van der Waals surface area contributed by atoms with E-state index in [-0.39, 0.29) is 11.8 Å². The average Bonchev–Trinajstić information content (AvgIpc) is 2.49. The molecule has 0 heterocycles. The number of benzene rings is 2. The van der Waals surface area contributed by atoms with Gasteiger partial charge in [-0.1, -0.05) is 61.3 Å². The Labute approximate surface area is 141 Å². The maximum atomic E-state index is 12.6. The van der Waals surface area contributed by atoms with E-state index in [0.29, 0.717) is 22.5 Å². The fourth-order valence-corrected chi connectivity index (χ4v) is 2.46. The highest BCUT2D eigenvalue weighted by molar-refractivity contribution is 6.30. The van der Waals surface area contributed by atoms with E-state index < -0.39 is 0 Å². The van der Waals surface area contributed by atoms with Crippen molar-refractivity contribution in [3.8, 4) is 0 Å². The second kappa shape index (κ2) is 7.66. The predicted molar refractivity (Wildman–Crippen MR) is 92.6 cm³/mol. The normalized spacial score (nSPS) is 11.0. The number of nitrogens with one attached hydrogen (secondary N) is 1. The fourth-order valence-electron chi connectivity index (χ4n) is 2.21. The minimum atomic E-state index is -0.367. The third-order valence-corrected chi connectivity index (χ3v) is 3.86. The van der Waals surface area contributed by atoms with Gasteiger partial charge in [0.25, 0.3) is 0 Å². The van der Waals surface area contributed by atoms with Gasteiger partial charge in [0, 0.05) is 16.6 Å². The molecular weight excluding hydrogens is 317 g/mol. The van der Waals surface area contributed by atoms with Crippen molar-refractivity contribution in [3.63, 3.8) is 0 Å². The van der Waals surface area contributed by atoms with Crippen LogP contribution in [0.3, 0.4) is 0 Å². The van der Waals surface area contributed by atoms with Gasteiger partial charge in [0.15, 0.2) is 0 Å². The molecule has 0 unspecified atom stereocenters. The van der Waals surface area contributed by atoms with Crippen LogP contribution in [0.15, 0.2) is 48.5 Å². The Kier molecular flexibility index (Phi) is 5.87. The van der Waals surface area contributed by atoms with Crippen molar-refractivity contribution >= 4 is 29.1 Å². The van der Waals surface area contributed by atoms with E-state index in [1.807, 2.05) is 24.3 Å². The number of halogens is 2. The number of carbonyl (C=O) groups is 1. The molecule has 2 nitrogen and oxygen atoms in total. The minimum absolute atomic E-state index is 0.0154. The van der Waals surface area contributed by atoms with E-state index in [0.717, 1.165) is 11.1 Å². The van der Waals surface area contributed by atoms with Gasteiger partial charge in [0.2, 0.25) is 5.91 Å². The van der Waals surface area contributed by atoms with Crippen LogP contribution in [0.2, 0.25) is 10.0 Å². The Hall–Kier alpha value is -1.51. The summed E-state index contributed by atoms with van der Waals surface area (Å²) in [7, 11) is 0. The van der Waals surface area contributed by atoms with Crippen LogP contribution in [0, 0.1) is 5.92 Å². The third kappa shape index (κ3) is 4.49. The van der Waals surface area contributed by atoms with E-state index in [9.17, 15) is 4.79 Å². The molecule has 0 saturated carbocycles. The van der Waals surface area contributed by atoms with E-state index >= 15 is 0 Å². The summed E-state index contributed by atoms with van der Waals surface area (Å²) in [5, 5.41) is 4.31. The largest absolute Gasteiger partial charge is 0.355 e. The molecule has 4 heteroatoms. The Morgan fingerprint density at radius 2 is 1.32 bits per heavy atom. The fraction of sp³-hybridized carbons (Fsp3) is 0.278. The zero-order valence-corrected chi connectivity index (χ0v) is 14.2. The lowest BCUT2D eigenvalue weighted by molar-refractivity contribution is -0.121. The summed E-state index contributed by atoms with van der Waals surface area (Å²) >= 11 is 11.9. The average molecular weight is 336 g/mol. The molecule has 1 N–H and O–H groups in total. The number of rotatable bonds is 5. The van der Waals surface area contributed by atoms with Gasteiger partial charge in [-0.15, -0.1) is 0 Å². The van der Waals surface area contributed by atoms with Gasteiger partial charge in [-0.25, -0.2) is 0 Å². The van der Waals surface area contributed by atoms with Crippen LogP contribution in [0.25, 0.3) is 0 Å². The second-order valence-electron chi connectivity index (χ2n) is 5.68. The molecule has 0 saturated heterocycles. The molecule has 0 fully saturated rings. The summed E-state index contributed by atoms with van der Waals surface area (Å²) in [6, 6.07) is 14.7. The summed E-state index contributed by atoms with van der Waals surface area (Å²) in [5.41, 5.74) is 1.82. The molecule has 0 aliphatic heterocycles. The Morgan fingerprint density at radius 1 is 0.909 bits per heavy atom. The first-order valence-corrected chi connectivity index (χ1v) is 8.01. The zero-order chi connectivity index (χ0) is 16.1. The summed E-state index contributed by atoms with van der Waals surface area (Å²) in [5.74, 6) is 0.0201. The molecule has 22 heavy (non-hydrogen) atoms. The molecule has 0 spiro atoms. The van der Waals surface area contributed by atoms with E-state index in [2.05, 4.69) is 19.2 Å². The zero-order valence-electron chi connectivity index (χ0n) is 12.6. The summed E-state index contributed by atoms with van der Waals surface area (Å²) in [6.45, 7) is 4.79. The molecule has 0 aliphatic rings. The first-order valence-electron chi connectivity index (χ1n) is 7.26. The molecule has 2 aromatic carbocycles. The summed E-state index contributed by atoms with van der Waals surface area (Å²) in [4.78, 5) is 12.6. The van der Waals surface area contributed by atoms with Gasteiger partial charge in [0.1, 0.15) is 0 Å².